The maximum Gasteiger partial charge on any atom is 0.254 e. The second kappa shape index (κ2) is 7.36. The molecule has 6 heteroatoms. The van der Waals surface area contributed by atoms with Gasteiger partial charge in [0, 0.05) is 38.3 Å². The van der Waals surface area contributed by atoms with E-state index in [1.165, 1.54) is 6.07 Å². The van der Waals surface area contributed by atoms with Crippen LogP contribution in [0.4, 0.5) is 8.78 Å². The van der Waals surface area contributed by atoms with Crippen molar-refractivity contribution < 1.29 is 18.7 Å². The standard InChI is InChI=1S/C17H24F2N2O2/c1-4-11(2)16(10-21-8-13(22)9-21)20(3)17(23)12-5-6-14(18)15(19)7-12/h5-7,11,13,16,22H,4,8-10H2,1-3H3. The number of hydrogen-bond donors (Lipinski definition) is 1. The molecule has 1 amide bonds. The van der Waals surface area contributed by atoms with Gasteiger partial charge in [0.15, 0.2) is 11.6 Å². The molecule has 0 aromatic heterocycles. The first-order chi connectivity index (χ1) is 10.8. The van der Waals surface area contributed by atoms with Crippen LogP contribution in [0.25, 0.3) is 0 Å². The molecular weight excluding hydrogens is 302 g/mol. The second-order valence-corrected chi connectivity index (χ2v) is 6.37. The molecule has 2 unspecified atom stereocenters. The lowest BCUT2D eigenvalue weighted by Gasteiger charge is -2.42. The third-order valence-corrected chi connectivity index (χ3v) is 4.67. The molecule has 2 rings (SSSR count). The summed E-state index contributed by atoms with van der Waals surface area (Å²) in [5.41, 5.74) is 0.142. The maximum absolute atomic E-state index is 13.4. The van der Waals surface area contributed by atoms with E-state index in [9.17, 15) is 18.7 Å². The Labute approximate surface area is 135 Å². The van der Waals surface area contributed by atoms with Crippen molar-refractivity contribution in [2.24, 2.45) is 5.92 Å². The number of aliphatic hydroxyl groups is 1. The first kappa shape index (κ1) is 17.8. The Morgan fingerprint density at radius 1 is 1.39 bits per heavy atom. The highest BCUT2D eigenvalue weighted by molar-refractivity contribution is 5.94. The number of carbonyl (C=O) groups excluding carboxylic acids is 1. The van der Waals surface area contributed by atoms with Crippen molar-refractivity contribution in [2.75, 3.05) is 26.7 Å². The van der Waals surface area contributed by atoms with Crippen molar-refractivity contribution in [3.8, 4) is 0 Å². The van der Waals surface area contributed by atoms with Gasteiger partial charge in [0.05, 0.1) is 6.10 Å². The summed E-state index contributed by atoms with van der Waals surface area (Å²) in [4.78, 5) is 16.3. The van der Waals surface area contributed by atoms with Gasteiger partial charge in [0.25, 0.3) is 5.91 Å². The molecular formula is C17H24F2N2O2. The highest BCUT2D eigenvalue weighted by Gasteiger charge is 2.32. The van der Waals surface area contributed by atoms with E-state index < -0.39 is 11.6 Å². The Kier molecular flexibility index (Phi) is 5.70. The van der Waals surface area contributed by atoms with E-state index in [2.05, 4.69) is 18.7 Å². The summed E-state index contributed by atoms with van der Waals surface area (Å²) in [6.07, 6.45) is 0.607. The summed E-state index contributed by atoms with van der Waals surface area (Å²) in [6, 6.07) is 3.17. The third-order valence-electron chi connectivity index (χ3n) is 4.67. The zero-order valence-electron chi connectivity index (χ0n) is 13.8. The van der Waals surface area contributed by atoms with E-state index in [1.807, 2.05) is 0 Å². The fourth-order valence-corrected chi connectivity index (χ4v) is 2.90. The minimum absolute atomic E-state index is 0.0480. The van der Waals surface area contributed by atoms with Gasteiger partial charge in [-0.25, -0.2) is 8.78 Å². The smallest absolute Gasteiger partial charge is 0.254 e. The van der Waals surface area contributed by atoms with Crippen molar-refractivity contribution in [3.05, 3.63) is 35.4 Å². The Morgan fingerprint density at radius 3 is 2.57 bits per heavy atom. The first-order valence-corrected chi connectivity index (χ1v) is 7.96. The van der Waals surface area contributed by atoms with Gasteiger partial charge in [-0.2, -0.15) is 0 Å². The number of hydrogen-bond acceptors (Lipinski definition) is 3. The lowest BCUT2D eigenvalue weighted by molar-refractivity contribution is -0.0162. The predicted octanol–water partition coefficient (Wildman–Crippen LogP) is 2.13. The van der Waals surface area contributed by atoms with E-state index in [-0.39, 0.29) is 29.5 Å². The van der Waals surface area contributed by atoms with E-state index in [4.69, 9.17) is 0 Å². The number of amides is 1. The molecule has 1 N–H and O–H groups in total. The molecule has 0 radical (unpaired) electrons. The quantitative estimate of drug-likeness (QED) is 0.871. The zero-order valence-corrected chi connectivity index (χ0v) is 13.8. The number of carbonyl (C=O) groups is 1. The molecule has 1 fully saturated rings. The summed E-state index contributed by atoms with van der Waals surface area (Å²) >= 11 is 0. The monoisotopic (exact) mass is 326 g/mol. The molecule has 0 saturated carbocycles. The number of rotatable bonds is 6. The molecule has 4 nitrogen and oxygen atoms in total. The number of β-amino-alcohol motifs (C(OH)–C–C–N with tert-alkyl or cyclic N) is 1. The molecule has 23 heavy (non-hydrogen) atoms. The largest absolute Gasteiger partial charge is 0.390 e. The fourth-order valence-electron chi connectivity index (χ4n) is 2.90. The Balaban J connectivity index is 2.12. The van der Waals surface area contributed by atoms with Gasteiger partial charge < -0.3 is 10.0 Å². The normalized spacial score (nSPS) is 18.3. The van der Waals surface area contributed by atoms with Gasteiger partial charge in [-0.1, -0.05) is 20.3 Å². The van der Waals surface area contributed by atoms with Crippen LogP contribution in [-0.2, 0) is 0 Å². The van der Waals surface area contributed by atoms with Gasteiger partial charge >= 0.3 is 0 Å². The van der Waals surface area contributed by atoms with Crippen LogP contribution in [0.5, 0.6) is 0 Å². The van der Waals surface area contributed by atoms with Crippen molar-refractivity contribution in [1.29, 1.82) is 0 Å². The molecule has 0 bridgehead atoms. The maximum atomic E-state index is 13.4. The number of benzene rings is 1. The van der Waals surface area contributed by atoms with Crippen molar-refractivity contribution in [3.63, 3.8) is 0 Å². The summed E-state index contributed by atoms with van der Waals surface area (Å²) in [5, 5.41) is 9.41. The summed E-state index contributed by atoms with van der Waals surface area (Å²) in [6.45, 7) is 6.01. The van der Waals surface area contributed by atoms with Crippen molar-refractivity contribution in [2.45, 2.75) is 32.4 Å². The Hall–Kier alpha value is -1.53. The summed E-state index contributed by atoms with van der Waals surface area (Å²) < 4.78 is 26.4. The first-order valence-electron chi connectivity index (χ1n) is 7.96. The van der Waals surface area contributed by atoms with E-state index in [0.29, 0.717) is 19.6 Å². The number of nitrogens with zero attached hydrogens (tertiary/aromatic N) is 2. The molecule has 1 heterocycles. The van der Waals surface area contributed by atoms with Crippen LogP contribution in [-0.4, -0.2) is 59.6 Å². The van der Waals surface area contributed by atoms with Gasteiger partial charge in [0.2, 0.25) is 0 Å². The van der Waals surface area contributed by atoms with Crippen LogP contribution in [0.15, 0.2) is 18.2 Å². The van der Waals surface area contributed by atoms with Crippen LogP contribution in [0.2, 0.25) is 0 Å². The number of aliphatic hydroxyl groups excluding tert-OH is 1. The highest BCUT2D eigenvalue weighted by Crippen LogP contribution is 2.20. The van der Waals surface area contributed by atoms with Crippen LogP contribution >= 0.6 is 0 Å². The molecule has 0 spiro atoms. The lowest BCUT2D eigenvalue weighted by Crippen LogP contribution is -2.57. The molecule has 1 aromatic rings. The average Bonchev–Trinajstić information content (AvgIpc) is 2.51. The lowest BCUT2D eigenvalue weighted by atomic mass is 9.95. The fraction of sp³-hybridized carbons (Fsp3) is 0.588. The van der Waals surface area contributed by atoms with E-state index in [1.54, 1.807) is 11.9 Å². The van der Waals surface area contributed by atoms with Crippen molar-refractivity contribution in [1.82, 2.24) is 9.80 Å². The molecule has 2 atom stereocenters. The topological polar surface area (TPSA) is 43.8 Å². The molecule has 1 aromatic carbocycles. The molecule has 0 aliphatic carbocycles. The van der Waals surface area contributed by atoms with Gasteiger partial charge in [-0.15, -0.1) is 0 Å². The van der Waals surface area contributed by atoms with Crippen LogP contribution in [0, 0.1) is 17.6 Å². The summed E-state index contributed by atoms with van der Waals surface area (Å²) in [7, 11) is 1.69. The van der Waals surface area contributed by atoms with Gasteiger partial charge in [-0.3, -0.25) is 9.69 Å². The zero-order chi connectivity index (χ0) is 17.1. The van der Waals surface area contributed by atoms with Crippen LogP contribution in [0.3, 0.4) is 0 Å². The minimum Gasteiger partial charge on any atom is -0.390 e. The SMILES string of the molecule is CCC(C)C(CN1CC(O)C1)N(C)C(=O)c1ccc(F)c(F)c1. The van der Waals surface area contributed by atoms with E-state index in [0.717, 1.165) is 18.6 Å². The number of halogens is 2. The minimum atomic E-state index is -1.02. The Morgan fingerprint density at radius 2 is 2.04 bits per heavy atom. The van der Waals surface area contributed by atoms with Gasteiger partial charge in [0.1, 0.15) is 0 Å². The summed E-state index contributed by atoms with van der Waals surface area (Å²) in [5.74, 6) is -2.05. The Bertz CT molecular complexity index is 562. The number of likely N-dealkylation sites (N-methyl/N-ethyl adjacent to an activating group) is 1. The number of likely N-dealkylation sites (tertiary alicyclic amines) is 1. The van der Waals surface area contributed by atoms with Crippen molar-refractivity contribution >= 4 is 5.91 Å². The predicted molar refractivity (Wildman–Crippen MR) is 84.1 cm³/mol. The average molecular weight is 326 g/mol. The third kappa shape index (κ3) is 4.06. The second-order valence-electron chi connectivity index (χ2n) is 6.37. The molecule has 1 aliphatic rings. The molecule has 128 valence electrons. The highest BCUT2D eigenvalue weighted by atomic mass is 19.2. The van der Waals surface area contributed by atoms with Crippen LogP contribution < -0.4 is 0 Å². The molecule has 1 saturated heterocycles. The van der Waals surface area contributed by atoms with E-state index >= 15 is 0 Å². The van der Waals surface area contributed by atoms with Gasteiger partial charge in [-0.05, 0) is 24.1 Å². The molecule has 1 aliphatic heterocycles. The van der Waals surface area contributed by atoms with Crippen LogP contribution in [0.1, 0.15) is 30.6 Å².